The van der Waals surface area contributed by atoms with Gasteiger partial charge in [-0.1, -0.05) is 17.7 Å². The number of carbonyl (C=O) groups excluding carboxylic acids is 1. The van der Waals surface area contributed by atoms with Crippen LogP contribution < -0.4 is 10.1 Å². The molecule has 122 valence electrons. The molecule has 8 heteroatoms. The molecule has 0 spiro atoms. The predicted octanol–water partition coefficient (Wildman–Crippen LogP) is 2.12. The molecule has 23 heavy (non-hydrogen) atoms. The van der Waals surface area contributed by atoms with Gasteiger partial charge in [0.15, 0.2) is 6.04 Å². The fraction of sp³-hybridized carbons (Fsp3) is 0.267. The van der Waals surface area contributed by atoms with Gasteiger partial charge in [-0.05, 0) is 24.6 Å². The number of carboxylic acid groups (broad SMARTS) is 1. The molecule has 1 amide bonds. The van der Waals surface area contributed by atoms with Crippen molar-refractivity contribution in [2.75, 3.05) is 7.11 Å². The molecular weight excluding hydrogens is 322 g/mol. The van der Waals surface area contributed by atoms with Gasteiger partial charge in [-0.15, -0.1) is 0 Å². The first kappa shape index (κ1) is 16.8. The lowest BCUT2D eigenvalue weighted by Gasteiger charge is -2.15. The van der Waals surface area contributed by atoms with Crippen molar-refractivity contribution >= 4 is 23.5 Å². The quantitative estimate of drug-likeness (QED) is 0.842. The van der Waals surface area contributed by atoms with E-state index in [-0.39, 0.29) is 10.6 Å². The van der Waals surface area contributed by atoms with Crippen LogP contribution in [0.25, 0.3) is 0 Å². The highest BCUT2D eigenvalue weighted by Crippen LogP contribution is 2.27. The van der Waals surface area contributed by atoms with Gasteiger partial charge >= 0.3 is 5.97 Å². The zero-order valence-corrected chi connectivity index (χ0v) is 13.4. The van der Waals surface area contributed by atoms with Crippen LogP contribution in [0.15, 0.2) is 30.6 Å². The van der Waals surface area contributed by atoms with Crippen LogP contribution in [-0.4, -0.2) is 33.9 Å². The Bertz CT molecular complexity index is 729. The minimum atomic E-state index is -1.23. The van der Waals surface area contributed by atoms with Crippen molar-refractivity contribution in [3.8, 4) is 5.75 Å². The summed E-state index contributed by atoms with van der Waals surface area (Å²) in [4.78, 5) is 23.7. The molecule has 1 aromatic heterocycles. The van der Waals surface area contributed by atoms with E-state index in [2.05, 4.69) is 10.4 Å². The molecule has 0 bridgehead atoms. The number of ether oxygens (including phenoxy) is 1. The summed E-state index contributed by atoms with van der Waals surface area (Å²) in [6.07, 6.45) is 2.94. The van der Waals surface area contributed by atoms with Gasteiger partial charge in [-0.2, -0.15) is 5.10 Å². The molecule has 1 atom stereocenters. The number of benzene rings is 1. The third-order valence-electron chi connectivity index (χ3n) is 3.25. The normalized spacial score (nSPS) is 11.8. The fourth-order valence-electron chi connectivity index (χ4n) is 2.02. The van der Waals surface area contributed by atoms with Crippen molar-refractivity contribution in [1.82, 2.24) is 15.1 Å². The number of carboxylic acids is 1. The van der Waals surface area contributed by atoms with E-state index >= 15 is 0 Å². The van der Waals surface area contributed by atoms with E-state index in [9.17, 15) is 14.7 Å². The monoisotopic (exact) mass is 337 g/mol. The van der Waals surface area contributed by atoms with Crippen LogP contribution in [0, 0.1) is 0 Å². The van der Waals surface area contributed by atoms with E-state index in [1.165, 1.54) is 19.4 Å². The summed E-state index contributed by atoms with van der Waals surface area (Å²) in [5.41, 5.74) is 0.636. The summed E-state index contributed by atoms with van der Waals surface area (Å²) >= 11 is 6.01. The molecule has 7 nitrogen and oxygen atoms in total. The number of amides is 1. The number of aromatic nitrogens is 2. The van der Waals surface area contributed by atoms with Gasteiger partial charge in [0.2, 0.25) is 0 Å². The number of hydrogen-bond donors (Lipinski definition) is 2. The van der Waals surface area contributed by atoms with E-state index in [1.54, 1.807) is 23.0 Å². The lowest BCUT2D eigenvalue weighted by molar-refractivity contribution is -0.139. The minimum absolute atomic E-state index is 0.268. The van der Waals surface area contributed by atoms with Crippen molar-refractivity contribution in [3.63, 3.8) is 0 Å². The SMILES string of the molecule is CCn1cc(C(=O)N[C@@H](C(=O)O)c2ccc(OC)c(Cl)c2)cn1. The first-order valence-corrected chi connectivity index (χ1v) is 7.23. The van der Waals surface area contributed by atoms with Gasteiger partial charge in [0.05, 0.1) is 23.9 Å². The Morgan fingerprint density at radius 2 is 2.22 bits per heavy atom. The molecule has 0 fully saturated rings. The highest BCUT2D eigenvalue weighted by Gasteiger charge is 2.24. The average molecular weight is 338 g/mol. The van der Waals surface area contributed by atoms with Gasteiger partial charge in [0.1, 0.15) is 5.75 Å². The average Bonchev–Trinajstić information content (AvgIpc) is 3.01. The van der Waals surface area contributed by atoms with Crippen molar-refractivity contribution in [1.29, 1.82) is 0 Å². The van der Waals surface area contributed by atoms with Crippen molar-refractivity contribution < 1.29 is 19.4 Å². The molecule has 0 saturated carbocycles. The molecule has 0 aliphatic carbocycles. The number of rotatable bonds is 6. The molecule has 2 N–H and O–H groups in total. The maximum absolute atomic E-state index is 12.2. The molecule has 2 aromatic rings. The standard InChI is InChI=1S/C15H16ClN3O4/c1-3-19-8-10(7-17-19)14(20)18-13(15(21)22)9-4-5-12(23-2)11(16)6-9/h4-8,13H,3H2,1-2H3,(H,18,20)(H,21,22)/t13-/m1/s1. The van der Waals surface area contributed by atoms with Gasteiger partial charge in [0.25, 0.3) is 5.91 Å². The Labute approximate surface area is 137 Å². The van der Waals surface area contributed by atoms with Crippen LogP contribution in [0.4, 0.5) is 0 Å². The van der Waals surface area contributed by atoms with Crippen LogP contribution in [0.3, 0.4) is 0 Å². The van der Waals surface area contributed by atoms with Gasteiger partial charge in [-0.25, -0.2) is 4.79 Å². The molecule has 0 aliphatic rings. The largest absolute Gasteiger partial charge is 0.495 e. The minimum Gasteiger partial charge on any atom is -0.495 e. The summed E-state index contributed by atoms with van der Waals surface area (Å²) in [5.74, 6) is -1.29. The maximum Gasteiger partial charge on any atom is 0.330 e. The van der Waals surface area contributed by atoms with Crippen molar-refractivity contribution in [2.45, 2.75) is 19.5 Å². The predicted molar refractivity (Wildman–Crippen MR) is 83.7 cm³/mol. The Kier molecular flexibility index (Phi) is 5.23. The van der Waals surface area contributed by atoms with Gasteiger partial charge < -0.3 is 15.2 Å². The van der Waals surface area contributed by atoms with Crippen molar-refractivity contribution in [2.24, 2.45) is 0 Å². The van der Waals surface area contributed by atoms with Gasteiger partial charge in [0, 0.05) is 12.7 Å². The molecule has 0 aliphatic heterocycles. The molecule has 2 rings (SSSR count). The van der Waals surface area contributed by atoms with E-state index in [0.717, 1.165) is 0 Å². The number of methoxy groups -OCH3 is 1. The van der Waals surface area contributed by atoms with E-state index < -0.39 is 17.9 Å². The summed E-state index contributed by atoms with van der Waals surface area (Å²) in [6, 6.07) is 3.32. The van der Waals surface area contributed by atoms with E-state index in [0.29, 0.717) is 17.9 Å². The number of nitrogens with one attached hydrogen (secondary N) is 1. The zero-order chi connectivity index (χ0) is 17.0. The summed E-state index contributed by atoms with van der Waals surface area (Å²) in [5, 5.41) is 16.1. The highest BCUT2D eigenvalue weighted by atomic mass is 35.5. The van der Waals surface area contributed by atoms with Crippen LogP contribution in [0.1, 0.15) is 28.9 Å². The number of aliphatic carboxylic acids is 1. The molecular formula is C15H16ClN3O4. The third kappa shape index (κ3) is 3.81. The Morgan fingerprint density at radius 1 is 1.48 bits per heavy atom. The second kappa shape index (κ2) is 7.15. The summed E-state index contributed by atoms with van der Waals surface area (Å²) < 4.78 is 6.61. The summed E-state index contributed by atoms with van der Waals surface area (Å²) in [6.45, 7) is 2.50. The number of halogens is 1. The number of aryl methyl sites for hydroxylation is 1. The number of nitrogens with zero attached hydrogens (tertiary/aromatic N) is 2. The highest BCUT2D eigenvalue weighted by molar-refractivity contribution is 6.32. The third-order valence-corrected chi connectivity index (χ3v) is 3.55. The van der Waals surface area contributed by atoms with Crippen LogP contribution >= 0.6 is 11.6 Å². The van der Waals surface area contributed by atoms with Gasteiger partial charge in [-0.3, -0.25) is 9.48 Å². The number of carbonyl (C=O) groups is 2. The Hall–Kier alpha value is -2.54. The Morgan fingerprint density at radius 3 is 2.74 bits per heavy atom. The first-order chi connectivity index (χ1) is 11.0. The zero-order valence-electron chi connectivity index (χ0n) is 12.6. The lowest BCUT2D eigenvalue weighted by atomic mass is 10.1. The first-order valence-electron chi connectivity index (χ1n) is 6.85. The fourth-order valence-corrected chi connectivity index (χ4v) is 2.28. The topological polar surface area (TPSA) is 93.5 Å². The molecule has 0 saturated heterocycles. The second-order valence-corrected chi connectivity index (χ2v) is 5.13. The molecule has 0 unspecified atom stereocenters. The second-order valence-electron chi connectivity index (χ2n) is 4.72. The van der Waals surface area contributed by atoms with Crippen LogP contribution in [-0.2, 0) is 11.3 Å². The molecule has 1 heterocycles. The smallest absolute Gasteiger partial charge is 0.330 e. The Balaban J connectivity index is 2.23. The van der Waals surface area contributed by atoms with Crippen LogP contribution in [0.2, 0.25) is 5.02 Å². The summed E-state index contributed by atoms with van der Waals surface area (Å²) in [7, 11) is 1.46. The van der Waals surface area contributed by atoms with Crippen LogP contribution in [0.5, 0.6) is 5.75 Å². The molecule has 1 aromatic carbocycles. The molecule has 0 radical (unpaired) electrons. The van der Waals surface area contributed by atoms with Crippen molar-refractivity contribution in [3.05, 3.63) is 46.7 Å². The van der Waals surface area contributed by atoms with E-state index in [1.807, 2.05) is 6.92 Å². The number of hydrogen-bond acceptors (Lipinski definition) is 4. The maximum atomic E-state index is 12.2. The lowest BCUT2D eigenvalue weighted by Crippen LogP contribution is -2.33. The van der Waals surface area contributed by atoms with E-state index in [4.69, 9.17) is 16.3 Å².